The predicted octanol–water partition coefficient (Wildman–Crippen LogP) is 2.86. The molecule has 0 spiro atoms. The van der Waals surface area contributed by atoms with Crippen LogP contribution in [0.4, 0.5) is 0 Å². The maximum Gasteiger partial charge on any atom is 0.147 e. The first-order chi connectivity index (χ1) is 4.12. The Hall–Kier alpha value is 0.630. The Labute approximate surface area is 72.5 Å². The van der Waals surface area contributed by atoms with Crippen LogP contribution in [0.3, 0.4) is 0 Å². The molecule has 0 heterocycles. The molecule has 0 amide bonds. The lowest BCUT2D eigenvalue weighted by Crippen LogP contribution is -2.11. The van der Waals surface area contributed by atoms with Crippen LogP contribution in [0.1, 0.15) is 26.2 Å². The highest BCUT2D eigenvalue weighted by Crippen LogP contribution is 2.29. The molecule has 0 aromatic heterocycles. The Kier molecular flexibility index (Phi) is 4.76. The van der Waals surface area contributed by atoms with E-state index in [1.165, 1.54) is 0 Å². The van der Waals surface area contributed by atoms with Gasteiger partial charge in [-0.1, -0.05) is 51.6 Å². The van der Waals surface area contributed by atoms with Gasteiger partial charge in [0.2, 0.25) is 0 Å². The number of hydrogen-bond acceptors (Lipinski definition) is 1. The number of aldehydes is 1. The molecule has 0 aliphatic rings. The number of carbonyl (C=O) groups excluding carboxylic acids is 1. The van der Waals surface area contributed by atoms with Gasteiger partial charge in [0.25, 0.3) is 0 Å². The van der Waals surface area contributed by atoms with Crippen molar-refractivity contribution in [2.75, 3.05) is 0 Å². The van der Waals surface area contributed by atoms with Crippen molar-refractivity contribution in [1.82, 2.24) is 0 Å². The molecule has 0 saturated carbocycles. The molecule has 3 heteroatoms. The van der Waals surface area contributed by atoms with Gasteiger partial charge in [0.15, 0.2) is 0 Å². The average Bonchev–Trinajstić information content (AvgIpc) is 1.84. The Morgan fingerprint density at radius 1 is 1.56 bits per heavy atom. The van der Waals surface area contributed by atoms with Gasteiger partial charge in [-0.15, -0.1) is 0 Å². The Bertz CT molecular complexity index is 91.1. The average molecular weight is 258 g/mol. The minimum atomic E-state index is -0.462. The summed E-state index contributed by atoms with van der Waals surface area (Å²) in [7, 11) is 0. The van der Waals surface area contributed by atoms with E-state index in [-0.39, 0.29) is 0 Å². The van der Waals surface area contributed by atoms with Crippen LogP contribution < -0.4 is 0 Å². The van der Waals surface area contributed by atoms with Gasteiger partial charge in [0.05, 0.1) is 0 Å². The summed E-state index contributed by atoms with van der Waals surface area (Å²) in [5, 5.41) is 0. The Morgan fingerprint density at radius 3 is 2.44 bits per heavy atom. The first kappa shape index (κ1) is 9.63. The first-order valence-corrected chi connectivity index (χ1v) is 4.55. The van der Waals surface area contributed by atoms with Crippen LogP contribution in [-0.4, -0.2) is 9.52 Å². The lowest BCUT2D eigenvalue weighted by atomic mass is 10.2. The second-order valence-electron chi connectivity index (χ2n) is 1.98. The van der Waals surface area contributed by atoms with Gasteiger partial charge in [0.1, 0.15) is 9.52 Å². The number of halogens is 2. The van der Waals surface area contributed by atoms with Crippen molar-refractivity contribution in [3.63, 3.8) is 0 Å². The summed E-state index contributed by atoms with van der Waals surface area (Å²) in [6.07, 6.45) is 3.91. The Morgan fingerprint density at radius 2 is 2.11 bits per heavy atom. The monoisotopic (exact) mass is 256 g/mol. The second-order valence-corrected chi connectivity index (χ2v) is 5.88. The fourth-order valence-corrected chi connectivity index (χ4v) is 1.03. The highest BCUT2D eigenvalue weighted by atomic mass is 79.9. The highest BCUT2D eigenvalue weighted by molar-refractivity contribution is 9.25. The van der Waals surface area contributed by atoms with E-state index >= 15 is 0 Å². The lowest BCUT2D eigenvalue weighted by molar-refractivity contribution is -0.107. The summed E-state index contributed by atoms with van der Waals surface area (Å²) >= 11 is 6.46. The summed E-state index contributed by atoms with van der Waals surface area (Å²) < 4.78 is -0.462. The van der Waals surface area contributed by atoms with Crippen LogP contribution in [0.25, 0.3) is 0 Å². The Balaban J connectivity index is 3.45. The number of unbranched alkanes of at least 4 members (excludes halogenated alkanes) is 1. The van der Waals surface area contributed by atoms with E-state index in [0.717, 1.165) is 25.5 Å². The van der Waals surface area contributed by atoms with Crippen LogP contribution in [0.15, 0.2) is 0 Å². The topological polar surface area (TPSA) is 17.1 Å². The van der Waals surface area contributed by atoms with Crippen molar-refractivity contribution in [3.8, 4) is 0 Å². The summed E-state index contributed by atoms with van der Waals surface area (Å²) in [6.45, 7) is 2.10. The minimum absolute atomic E-state index is 0.462. The number of hydrogen-bond donors (Lipinski definition) is 0. The van der Waals surface area contributed by atoms with Crippen molar-refractivity contribution in [3.05, 3.63) is 0 Å². The molecule has 0 bridgehead atoms. The molecule has 1 nitrogen and oxygen atoms in total. The SMILES string of the molecule is CCCCC(Br)(Br)C=O. The van der Waals surface area contributed by atoms with Gasteiger partial charge in [-0.25, -0.2) is 0 Å². The molecule has 0 aromatic carbocycles. The molecule has 0 N–H and O–H groups in total. The van der Waals surface area contributed by atoms with Crippen molar-refractivity contribution in [2.24, 2.45) is 0 Å². The minimum Gasteiger partial charge on any atom is -0.301 e. The van der Waals surface area contributed by atoms with Gasteiger partial charge >= 0.3 is 0 Å². The smallest absolute Gasteiger partial charge is 0.147 e. The number of alkyl halides is 2. The van der Waals surface area contributed by atoms with Gasteiger partial charge in [-0.05, 0) is 6.42 Å². The van der Waals surface area contributed by atoms with E-state index in [0.29, 0.717) is 0 Å². The van der Waals surface area contributed by atoms with E-state index in [1.807, 2.05) is 0 Å². The molecule has 0 saturated heterocycles. The highest BCUT2D eigenvalue weighted by Gasteiger charge is 2.19. The molecule has 0 aliphatic carbocycles. The molecule has 0 unspecified atom stereocenters. The van der Waals surface area contributed by atoms with E-state index in [1.54, 1.807) is 0 Å². The third-order valence-electron chi connectivity index (χ3n) is 1.04. The fourth-order valence-electron chi connectivity index (χ4n) is 0.471. The van der Waals surface area contributed by atoms with Crippen molar-refractivity contribution in [1.29, 1.82) is 0 Å². The van der Waals surface area contributed by atoms with Gasteiger partial charge in [-0.3, -0.25) is 0 Å². The fraction of sp³-hybridized carbons (Fsp3) is 0.833. The zero-order valence-electron chi connectivity index (χ0n) is 5.36. The molecule has 0 aliphatic heterocycles. The van der Waals surface area contributed by atoms with Crippen LogP contribution in [-0.2, 0) is 4.79 Å². The quantitative estimate of drug-likeness (QED) is 0.559. The van der Waals surface area contributed by atoms with E-state index in [9.17, 15) is 4.79 Å². The van der Waals surface area contributed by atoms with Crippen LogP contribution >= 0.6 is 31.9 Å². The summed E-state index contributed by atoms with van der Waals surface area (Å²) in [5.74, 6) is 0. The third-order valence-corrected chi connectivity index (χ3v) is 2.20. The summed E-state index contributed by atoms with van der Waals surface area (Å²) in [5.41, 5.74) is 0. The largest absolute Gasteiger partial charge is 0.301 e. The maximum atomic E-state index is 10.2. The van der Waals surface area contributed by atoms with E-state index in [2.05, 4.69) is 38.8 Å². The van der Waals surface area contributed by atoms with Crippen LogP contribution in [0.2, 0.25) is 0 Å². The molecular formula is C6H10Br2O. The molecule has 0 radical (unpaired) electrons. The van der Waals surface area contributed by atoms with Crippen LogP contribution in [0, 0.1) is 0 Å². The van der Waals surface area contributed by atoms with Crippen molar-refractivity contribution < 1.29 is 4.79 Å². The normalized spacial score (nSPS) is 11.4. The number of carbonyl (C=O) groups is 1. The zero-order valence-corrected chi connectivity index (χ0v) is 8.53. The van der Waals surface area contributed by atoms with Crippen molar-refractivity contribution >= 4 is 38.1 Å². The predicted molar refractivity (Wildman–Crippen MR) is 46.2 cm³/mol. The van der Waals surface area contributed by atoms with E-state index < -0.39 is 3.23 Å². The van der Waals surface area contributed by atoms with Gasteiger partial charge in [0, 0.05) is 0 Å². The maximum absolute atomic E-state index is 10.2. The first-order valence-electron chi connectivity index (χ1n) is 2.96. The molecular weight excluding hydrogens is 248 g/mol. The molecule has 54 valence electrons. The number of rotatable bonds is 4. The molecule has 0 atom stereocenters. The van der Waals surface area contributed by atoms with Gasteiger partial charge < -0.3 is 4.79 Å². The zero-order chi connectivity index (χ0) is 7.33. The molecule has 0 aromatic rings. The molecule has 0 rings (SSSR count). The lowest BCUT2D eigenvalue weighted by Gasteiger charge is -2.09. The third kappa shape index (κ3) is 5.09. The van der Waals surface area contributed by atoms with Crippen LogP contribution in [0.5, 0.6) is 0 Å². The standard InChI is InChI=1S/C6H10Br2O/c1-2-3-4-6(7,8)5-9/h5H,2-4H2,1H3. The van der Waals surface area contributed by atoms with Gasteiger partial charge in [-0.2, -0.15) is 0 Å². The van der Waals surface area contributed by atoms with Crippen molar-refractivity contribution in [2.45, 2.75) is 29.4 Å². The summed E-state index contributed by atoms with van der Waals surface area (Å²) in [6, 6.07) is 0. The molecule has 9 heavy (non-hydrogen) atoms. The van der Waals surface area contributed by atoms with E-state index in [4.69, 9.17) is 0 Å². The second kappa shape index (κ2) is 4.45. The molecule has 0 fully saturated rings. The summed E-state index contributed by atoms with van der Waals surface area (Å²) in [4.78, 5) is 10.2.